The van der Waals surface area contributed by atoms with Crippen LogP contribution in [0.25, 0.3) is 0 Å². The van der Waals surface area contributed by atoms with Gasteiger partial charge < -0.3 is 25.2 Å². The molecule has 234 valence electrons. The van der Waals surface area contributed by atoms with Crippen LogP contribution >= 0.6 is 0 Å². The maximum absolute atomic E-state index is 13.8. The minimum atomic E-state index is -0.299. The molecule has 0 aromatic rings. The molecule has 2 N–H and O–H groups in total. The highest BCUT2D eigenvalue weighted by Crippen LogP contribution is 2.51. The van der Waals surface area contributed by atoms with Gasteiger partial charge >= 0.3 is 6.09 Å². The van der Waals surface area contributed by atoms with Gasteiger partial charge in [-0.1, -0.05) is 29.9 Å². The predicted molar refractivity (Wildman–Crippen MR) is 170 cm³/mol. The number of piperazine rings is 1. The van der Waals surface area contributed by atoms with E-state index in [0.717, 1.165) is 77.5 Å². The number of carbonyl (C=O) groups excluding carboxylic acids is 2. The number of allylic oxidation sites excluding steroid dienone is 4. The van der Waals surface area contributed by atoms with E-state index in [1.54, 1.807) is 14.1 Å². The topological polar surface area (TPSA) is 77.2 Å². The lowest BCUT2D eigenvalue weighted by Crippen LogP contribution is -2.49. The highest BCUT2D eigenvalue weighted by atomic mass is 16.6. The summed E-state index contributed by atoms with van der Waals surface area (Å²) in [6.45, 7) is 11.2. The lowest BCUT2D eigenvalue weighted by Gasteiger charge is -2.35. The van der Waals surface area contributed by atoms with E-state index in [9.17, 15) is 9.59 Å². The van der Waals surface area contributed by atoms with Crippen molar-refractivity contribution in [3.8, 4) is 0 Å². The molecule has 4 aliphatic rings. The Morgan fingerprint density at radius 2 is 1.98 bits per heavy atom. The molecular formula is C34H55N5O3. The van der Waals surface area contributed by atoms with Gasteiger partial charge in [0.25, 0.3) is 0 Å². The summed E-state index contributed by atoms with van der Waals surface area (Å²) in [5.41, 5.74) is 3.73. The van der Waals surface area contributed by atoms with Crippen molar-refractivity contribution in [2.75, 3.05) is 53.9 Å². The molecular weight excluding hydrogens is 526 g/mol. The summed E-state index contributed by atoms with van der Waals surface area (Å²) in [7, 11) is 5.43. The first kappa shape index (κ1) is 32.3. The Bertz CT molecular complexity index is 1070. The highest BCUT2D eigenvalue weighted by Gasteiger charge is 2.56. The Labute approximate surface area is 254 Å². The Kier molecular flexibility index (Phi) is 11.3. The van der Waals surface area contributed by atoms with Crippen molar-refractivity contribution in [1.29, 1.82) is 0 Å². The molecule has 0 radical (unpaired) electrons. The summed E-state index contributed by atoms with van der Waals surface area (Å²) < 4.78 is 5.30. The van der Waals surface area contributed by atoms with Gasteiger partial charge in [-0.15, -0.1) is 0 Å². The molecule has 0 aromatic carbocycles. The molecule has 0 bridgehead atoms. The van der Waals surface area contributed by atoms with Gasteiger partial charge in [-0.25, -0.2) is 4.79 Å². The SMILES string of the molecule is C/C=C/C1(N(C)C(=O)C2CCC(NC3=CC(CCOC(=O)N(C)C)=CCC3)CC2)C[C@H]1/C=C(\C)CN1CCN[C@@H](C)C1. The van der Waals surface area contributed by atoms with Crippen LogP contribution in [0.2, 0.25) is 0 Å². The average molecular weight is 582 g/mol. The maximum atomic E-state index is 13.8. The van der Waals surface area contributed by atoms with Crippen LogP contribution in [-0.4, -0.2) is 98.3 Å². The molecule has 1 saturated heterocycles. The van der Waals surface area contributed by atoms with E-state index in [4.69, 9.17) is 4.74 Å². The number of rotatable bonds is 11. The third-order valence-electron chi connectivity index (χ3n) is 9.48. The number of likely N-dealkylation sites (N-methyl/N-ethyl adjacent to an activating group) is 1. The van der Waals surface area contributed by atoms with Crippen molar-refractivity contribution in [1.82, 2.24) is 25.3 Å². The number of nitrogens with one attached hydrogen (secondary N) is 2. The minimum Gasteiger partial charge on any atom is -0.449 e. The van der Waals surface area contributed by atoms with Crippen LogP contribution in [-0.2, 0) is 9.53 Å². The number of ether oxygens (including phenoxy) is 1. The van der Waals surface area contributed by atoms with E-state index < -0.39 is 0 Å². The smallest absolute Gasteiger partial charge is 0.409 e. The molecule has 1 unspecified atom stereocenters. The number of hydrogen-bond acceptors (Lipinski definition) is 6. The second-order valence-electron chi connectivity index (χ2n) is 13.2. The lowest BCUT2D eigenvalue weighted by molar-refractivity contribution is -0.137. The summed E-state index contributed by atoms with van der Waals surface area (Å²) in [6.07, 6.45) is 18.7. The molecule has 1 aliphatic heterocycles. The van der Waals surface area contributed by atoms with Crippen LogP contribution in [0.4, 0.5) is 4.79 Å². The molecule has 0 spiro atoms. The second kappa shape index (κ2) is 14.7. The van der Waals surface area contributed by atoms with Crippen LogP contribution in [0.5, 0.6) is 0 Å². The fraction of sp³-hybridized carbons (Fsp3) is 0.706. The standard InChI is InChI=1S/C34H55N5O3/c1-7-16-34(22-29(34)20-25(2)23-39-18-17-35-26(3)24-39)38(6)32(40)28-11-13-30(14-12-28)36-31-10-8-9-27(21-31)15-19-42-33(41)37(4)5/h7,9,16,20-21,26,28-30,35-36H,8,10-15,17-19,22-24H2,1-6H3/b16-7+,25-20+/t26-,28?,29+,30?,34?/m0/s1. The fourth-order valence-electron chi connectivity index (χ4n) is 7.05. The molecule has 1 heterocycles. The van der Waals surface area contributed by atoms with Crippen molar-refractivity contribution in [3.05, 3.63) is 47.2 Å². The van der Waals surface area contributed by atoms with Crippen molar-refractivity contribution in [2.24, 2.45) is 11.8 Å². The fourth-order valence-corrected chi connectivity index (χ4v) is 7.05. The van der Waals surface area contributed by atoms with E-state index in [-0.39, 0.29) is 17.6 Å². The van der Waals surface area contributed by atoms with Gasteiger partial charge in [-0.05, 0) is 77.4 Å². The van der Waals surface area contributed by atoms with Gasteiger partial charge in [0.15, 0.2) is 0 Å². The van der Waals surface area contributed by atoms with Crippen molar-refractivity contribution in [3.63, 3.8) is 0 Å². The Morgan fingerprint density at radius 3 is 2.67 bits per heavy atom. The summed E-state index contributed by atoms with van der Waals surface area (Å²) in [5, 5.41) is 7.30. The predicted octanol–water partition coefficient (Wildman–Crippen LogP) is 4.86. The van der Waals surface area contributed by atoms with Gasteiger partial charge in [0.2, 0.25) is 5.91 Å². The van der Waals surface area contributed by atoms with Crippen LogP contribution in [0.3, 0.4) is 0 Å². The van der Waals surface area contributed by atoms with Crippen LogP contribution in [0, 0.1) is 11.8 Å². The van der Waals surface area contributed by atoms with Gasteiger partial charge in [0, 0.05) is 83.4 Å². The van der Waals surface area contributed by atoms with Crippen molar-refractivity contribution < 1.29 is 14.3 Å². The van der Waals surface area contributed by atoms with Crippen LogP contribution < -0.4 is 10.6 Å². The summed E-state index contributed by atoms with van der Waals surface area (Å²) in [5.74, 6) is 0.810. The van der Waals surface area contributed by atoms with E-state index in [1.807, 2.05) is 7.05 Å². The molecule has 4 rings (SSSR count). The number of nitrogens with zero attached hydrogens (tertiary/aromatic N) is 3. The van der Waals surface area contributed by atoms with E-state index in [1.165, 1.54) is 21.7 Å². The zero-order valence-electron chi connectivity index (χ0n) is 27.0. The third kappa shape index (κ3) is 8.50. The zero-order chi connectivity index (χ0) is 30.3. The molecule has 2 amide bonds. The Balaban J connectivity index is 1.25. The van der Waals surface area contributed by atoms with Crippen molar-refractivity contribution in [2.45, 2.75) is 89.8 Å². The van der Waals surface area contributed by atoms with E-state index in [2.05, 4.69) is 71.6 Å². The number of carbonyl (C=O) groups is 2. The molecule has 8 nitrogen and oxygen atoms in total. The molecule has 3 fully saturated rings. The first-order chi connectivity index (χ1) is 20.1. The minimum absolute atomic E-state index is 0.103. The van der Waals surface area contributed by atoms with Crippen LogP contribution in [0.1, 0.15) is 72.1 Å². The summed E-state index contributed by atoms with van der Waals surface area (Å²) >= 11 is 0. The zero-order valence-corrected chi connectivity index (χ0v) is 27.0. The van der Waals surface area contributed by atoms with E-state index >= 15 is 0 Å². The maximum Gasteiger partial charge on any atom is 0.409 e. The molecule has 42 heavy (non-hydrogen) atoms. The quantitative estimate of drug-likeness (QED) is 0.340. The Morgan fingerprint density at radius 1 is 1.21 bits per heavy atom. The monoisotopic (exact) mass is 581 g/mol. The molecule has 8 heteroatoms. The van der Waals surface area contributed by atoms with Gasteiger partial charge in [-0.2, -0.15) is 0 Å². The Hall–Kier alpha value is -2.58. The summed E-state index contributed by atoms with van der Waals surface area (Å²) in [4.78, 5) is 31.5. The molecule has 3 atom stereocenters. The lowest BCUT2D eigenvalue weighted by atomic mass is 9.84. The first-order valence-corrected chi connectivity index (χ1v) is 16.2. The van der Waals surface area contributed by atoms with E-state index in [0.29, 0.717) is 30.5 Å². The second-order valence-corrected chi connectivity index (χ2v) is 13.2. The van der Waals surface area contributed by atoms with Gasteiger partial charge in [-0.3, -0.25) is 9.69 Å². The number of hydrogen-bond donors (Lipinski definition) is 2. The third-order valence-corrected chi connectivity index (χ3v) is 9.48. The summed E-state index contributed by atoms with van der Waals surface area (Å²) in [6, 6.07) is 0.955. The molecule has 3 aliphatic carbocycles. The average Bonchev–Trinajstić information content (AvgIpc) is 3.65. The normalized spacial score (nSPS) is 30.4. The molecule has 0 aromatic heterocycles. The molecule has 2 saturated carbocycles. The van der Waals surface area contributed by atoms with Crippen molar-refractivity contribution >= 4 is 12.0 Å². The largest absolute Gasteiger partial charge is 0.449 e. The van der Waals surface area contributed by atoms with Gasteiger partial charge in [0.1, 0.15) is 0 Å². The van der Waals surface area contributed by atoms with Gasteiger partial charge in [0.05, 0.1) is 12.1 Å². The number of amides is 2. The highest BCUT2D eigenvalue weighted by molar-refractivity contribution is 5.80. The van der Waals surface area contributed by atoms with Crippen LogP contribution in [0.15, 0.2) is 47.2 Å². The first-order valence-electron chi connectivity index (χ1n) is 16.2.